The van der Waals surface area contributed by atoms with E-state index in [2.05, 4.69) is 0 Å². The molecule has 2 rings (SSSR count). The van der Waals surface area contributed by atoms with E-state index in [0.717, 1.165) is 42.5 Å². The number of phenols is 2. The number of phenolic OH excluding ortho intramolecular Hbond substituents is 2. The van der Waals surface area contributed by atoms with Gasteiger partial charge in [-0.2, -0.15) is 0 Å². The Morgan fingerprint density at radius 3 is 1.72 bits per heavy atom. The molecule has 0 saturated carbocycles. The lowest BCUT2D eigenvalue weighted by Gasteiger charge is -1.98. The van der Waals surface area contributed by atoms with Gasteiger partial charge in [0.15, 0.2) is 17.3 Å². The zero-order valence-electron chi connectivity index (χ0n) is 14.6. The number of carbonyl (C=O) groups is 1. The van der Waals surface area contributed by atoms with Crippen LogP contribution in [0.15, 0.2) is 60.4 Å². The Bertz CT molecular complexity index is 1070. The van der Waals surface area contributed by atoms with E-state index >= 15 is 0 Å². The number of benzene rings is 2. The number of carbonyl (C=O) groups excluding carboxylic acids is 1. The number of rotatable bonds is 7. The van der Waals surface area contributed by atoms with E-state index in [-0.39, 0.29) is 0 Å². The third-order valence-electron chi connectivity index (χ3n) is 3.57. The molecular weight excluding hydrogens is 384 g/mol. The first-order chi connectivity index (χ1) is 13.7. The molecule has 0 amide bonds. The second-order valence-corrected chi connectivity index (χ2v) is 5.65. The van der Waals surface area contributed by atoms with Gasteiger partial charge in [0, 0.05) is 18.2 Å². The van der Waals surface area contributed by atoms with Gasteiger partial charge in [-0.15, -0.1) is 0 Å². The van der Waals surface area contributed by atoms with Crippen molar-refractivity contribution in [3.63, 3.8) is 0 Å². The van der Waals surface area contributed by atoms with Crippen molar-refractivity contribution in [2.24, 2.45) is 0 Å². The molecule has 0 saturated heterocycles. The average molecular weight is 398 g/mol. The second-order valence-electron chi connectivity index (χ2n) is 5.65. The number of hydrogen-bond acceptors (Lipinski definition) is 8. The number of aliphatic hydroxyl groups excluding tert-OH is 1. The summed E-state index contributed by atoms with van der Waals surface area (Å²) in [5, 5.41) is 50.1. The van der Waals surface area contributed by atoms with Gasteiger partial charge in [0.05, 0.1) is 9.85 Å². The fraction of sp³-hybridized carbons (Fsp3) is 0. The monoisotopic (exact) mass is 398 g/mol. The minimum absolute atomic E-state index is 0.294. The maximum Gasteiger partial charge on any atom is 0.311 e. The Morgan fingerprint density at radius 2 is 1.28 bits per heavy atom. The molecule has 0 fully saturated rings. The molecule has 10 nitrogen and oxygen atoms in total. The second kappa shape index (κ2) is 8.95. The van der Waals surface area contributed by atoms with Crippen LogP contribution in [0.5, 0.6) is 11.5 Å². The molecule has 2 aromatic carbocycles. The summed E-state index contributed by atoms with van der Waals surface area (Å²) in [6.45, 7) is 0. The summed E-state index contributed by atoms with van der Waals surface area (Å²) in [6, 6.07) is 7.18. The lowest BCUT2D eigenvalue weighted by atomic mass is 10.1. The summed E-state index contributed by atoms with van der Waals surface area (Å²) in [4.78, 5) is 31.9. The molecule has 29 heavy (non-hydrogen) atoms. The Balaban J connectivity index is 2.11. The van der Waals surface area contributed by atoms with E-state index in [1.54, 1.807) is 0 Å². The highest BCUT2D eigenvalue weighted by Gasteiger charge is 2.13. The molecule has 0 spiro atoms. The normalized spacial score (nSPS) is 11.8. The number of allylic oxidation sites excluding steroid dienone is 3. The van der Waals surface area contributed by atoms with E-state index in [9.17, 15) is 40.3 Å². The van der Waals surface area contributed by atoms with Gasteiger partial charge in [0.2, 0.25) is 0 Å². The lowest BCUT2D eigenvalue weighted by molar-refractivity contribution is -0.386. The van der Waals surface area contributed by atoms with Gasteiger partial charge in [-0.25, -0.2) is 0 Å². The number of aliphatic hydroxyl groups is 1. The van der Waals surface area contributed by atoms with Gasteiger partial charge >= 0.3 is 11.4 Å². The first kappa shape index (κ1) is 20.8. The van der Waals surface area contributed by atoms with Crippen molar-refractivity contribution in [2.45, 2.75) is 0 Å². The van der Waals surface area contributed by atoms with Crippen LogP contribution in [0, 0.1) is 20.2 Å². The maximum atomic E-state index is 11.8. The van der Waals surface area contributed by atoms with Gasteiger partial charge < -0.3 is 15.3 Å². The molecular formula is C19H14N2O8. The van der Waals surface area contributed by atoms with Crippen molar-refractivity contribution < 1.29 is 30.0 Å². The summed E-state index contributed by atoms with van der Waals surface area (Å²) in [6.07, 6.45) is 5.64. The van der Waals surface area contributed by atoms with Crippen molar-refractivity contribution in [3.05, 3.63) is 91.7 Å². The Hall–Kier alpha value is -4.47. The molecule has 0 atom stereocenters. The van der Waals surface area contributed by atoms with E-state index in [0.29, 0.717) is 11.1 Å². The molecule has 0 aliphatic heterocycles. The first-order valence-electron chi connectivity index (χ1n) is 7.93. The molecule has 148 valence electrons. The molecule has 2 aromatic rings. The Kier molecular flexibility index (Phi) is 6.43. The number of aromatic hydroxyl groups is 2. The van der Waals surface area contributed by atoms with E-state index < -0.39 is 44.3 Å². The van der Waals surface area contributed by atoms with E-state index in [4.69, 9.17) is 0 Å². The third-order valence-corrected chi connectivity index (χ3v) is 3.57. The molecule has 3 N–H and O–H groups in total. The summed E-state index contributed by atoms with van der Waals surface area (Å²) in [7, 11) is 0. The van der Waals surface area contributed by atoms with Crippen LogP contribution >= 0.6 is 0 Å². The zero-order valence-corrected chi connectivity index (χ0v) is 14.6. The Labute approximate surface area is 163 Å². The van der Waals surface area contributed by atoms with Crippen molar-refractivity contribution in [2.75, 3.05) is 0 Å². The van der Waals surface area contributed by atoms with Crippen molar-refractivity contribution in [3.8, 4) is 11.5 Å². The molecule has 0 aliphatic rings. The van der Waals surface area contributed by atoms with Crippen LogP contribution < -0.4 is 0 Å². The largest absolute Gasteiger partial charge is 0.508 e. The molecule has 0 unspecified atom stereocenters. The van der Waals surface area contributed by atoms with Crippen LogP contribution in [0.25, 0.3) is 12.2 Å². The van der Waals surface area contributed by atoms with Gasteiger partial charge in [-0.1, -0.05) is 24.3 Å². The molecule has 0 heterocycles. The maximum absolute atomic E-state index is 11.8. The van der Waals surface area contributed by atoms with Crippen LogP contribution in [0.2, 0.25) is 0 Å². The minimum Gasteiger partial charge on any atom is -0.508 e. The summed E-state index contributed by atoms with van der Waals surface area (Å²) >= 11 is 0. The van der Waals surface area contributed by atoms with Crippen molar-refractivity contribution >= 4 is 29.3 Å². The van der Waals surface area contributed by atoms with Crippen LogP contribution in [0.3, 0.4) is 0 Å². The van der Waals surface area contributed by atoms with E-state index in [1.807, 2.05) is 0 Å². The quantitative estimate of drug-likeness (QED) is 0.209. The lowest BCUT2D eigenvalue weighted by Crippen LogP contribution is -1.91. The number of ketones is 1. The minimum atomic E-state index is -0.765. The van der Waals surface area contributed by atoms with E-state index in [1.165, 1.54) is 24.3 Å². The van der Waals surface area contributed by atoms with Gasteiger partial charge in [-0.05, 0) is 35.4 Å². The average Bonchev–Trinajstić information content (AvgIpc) is 2.66. The third kappa shape index (κ3) is 5.76. The first-order valence-corrected chi connectivity index (χ1v) is 7.93. The highest BCUT2D eigenvalue weighted by molar-refractivity contribution is 6.02. The smallest absolute Gasteiger partial charge is 0.311 e. The molecule has 0 radical (unpaired) electrons. The standard InChI is InChI=1S/C19H14N2O8/c22-14(5-1-12-3-7-18(24)16(9-12)20(26)27)11-15(23)6-2-13-4-8-19(25)17(10-13)21(28)29/h1-11,22,24-25H/b5-1+,6-2+,14-11-. The van der Waals surface area contributed by atoms with Crippen molar-refractivity contribution in [1.29, 1.82) is 0 Å². The fourth-order valence-corrected chi connectivity index (χ4v) is 2.18. The predicted molar refractivity (Wildman–Crippen MR) is 103 cm³/mol. The molecule has 0 aliphatic carbocycles. The van der Waals surface area contributed by atoms with Crippen LogP contribution in [-0.4, -0.2) is 30.9 Å². The number of nitro groups is 2. The Morgan fingerprint density at radius 1 is 0.828 bits per heavy atom. The summed E-state index contributed by atoms with van der Waals surface area (Å²) in [5.74, 6) is -2.07. The molecule has 0 bridgehead atoms. The van der Waals surface area contributed by atoms with Gasteiger partial charge in [0.25, 0.3) is 0 Å². The highest BCUT2D eigenvalue weighted by Crippen LogP contribution is 2.27. The number of nitro benzene ring substituents is 2. The predicted octanol–water partition coefficient (Wildman–Crippen LogP) is 3.65. The van der Waals surface area contributed by atoms with Crippen LogP contribution in [0.4, 0.5) is 11.4 Å². The fourth-order valence-electron chi connectivity index (χ4n) is 2.18. The van der Waals surface area contributed by atoms with Gasteiger partial charge in [-0.3, -0.25) is 25.0 Å². The van der Waals surface area contributed by atoms with Crippen LogP contribution in [-0.2, 0) is 4.79 Å². The number of hydrogen-bond donors (Lipinski definition) is 3. The van der Waals surface area contributed by atoms with Gasteiger partial charge in [0.1, 0.15) is 5.76 Å². The van der Waals surface area contributed by atoms with Crippen molar-refractivity contribution in [1.82, 2.24) is 0 Å². The molecule has 10 heteroatoms. The molecule has 0 aromatic heterocycles. The van der Waals surface area contributed by atoms with Crippen LogP contribution in [0.1, 0.15) is 11.1 Å². The zero-order chi connectivity index (χ0) is 21.6. The summed E-state index contributed by atoms with van der Waals surface area (Å²) in [5.41, 5.74) is -0.405. The summed E-state index contributed by atoms with van der Waals surface area (Å²) < 4.78 is 0. The number of nitrogens with zero attached hydrogens (tertiary/aromatic N) is 2. The SMILES string of the molecule is O=C(/C=C(O)/C=C/c1ccc(O)c([N+](=O)[O-])c1)/C=C/c1ccc(O)c([N+](=O)[O-])c1. The topological polar surface area (TPSA) is 164 Å². The highest BCUT2D eigenvalue weighted by atomic mass is 16.6.